The first-order chi connectivity index (χ1) is 11.9. The van der Waals surface area contributed by atoms with Gasteiger partial charge < -0.3 is 5.32 Å². The first-order valence-electron chi connectivity index (χ1n) is 7.70. The van der Waals surface area contributed by atoms with Crippen LogP contribution in [0, 0.1) is 17.3 Å². The number of carbonyl (C=O) groups excluding carboxylic acids is 1. The van der Waals surface area contributed by atoms with Gasteiger partial charge in [-0.1, -0.05) is 28.4 Å². The van der Waals surface area contributed by atoms with E-state index >= 15 is 0 Å². The number of halogens is 1. The van der Waals surface area contributed by atoms with Gasteiger partial charge in [0.05, 0.1) is 6.04 Å². The summed E-state index contributed by atoms with van der Waals surface area (Å²) in [6, 6.07) is 1.63. The number of aromatic nitrogens is 1. The van der Waals surface area contributed by atoms with Gasteiger partial charge in [-0.15, -0.1) is 5.92 Å². The number of hydrogen-bond acceptors (Lipinski definition) is 3. The number of pyridine rings is 1. The minimum absolute atomic E-state index is 0.0785. The minimum Gasteiger partial charge on any atom is -0.348 e. The molecule has 0 aromatic carbocycles. The first kappa shape index (κ1) is 17.2. The van der Waals surface area contributed by atoms with Gasteiger partial charge in [-0.05, 0) is 41.9 Å². The van der Waals surface area contributed by atoms with Crippen LogP contribution in [0.5, 0.6) is 0 Å². The van der Waals surface area contributed by atoms with E-state index in [2.05, 4.69) is 44.7 Å². The molecule has 0 radical (unpaired) electrons. The lowest BCUT2D eigenvalue weighted by Gasteiger charge is -2.35. The summed E-state index contributed by atoms with van der Waals surface area (Å²) in [6.45, 7) is 5.89. The summed E-state index contributed by atoms with van der Waals surface area (Å²) in [5.41, 5.74) is 4.45. The highest BCUT2D eigenvalue weighted by Crippen LogP contribution is 2.34. The molecule has 6 heteroatoms. The number of nitrogens with zero attached hydrogens (tertiary/aromatic N) is 2. The molecule has 1 amide bonds. The van der Waals surface area contributed by atoms with Gasteiger partial charge in [0.15, 0.2) is 5.96 Å². The predicted molar refractivity (Wildman–Crippen MR) is 102 cm³/mol. The highest BCUT2D eigenvalue weighted by molar-refractivity contribution is 9.10. The van der Waals surface area contributed by atoms with Gasteiger partial charge in [0.1, 0.15) is 4.83 Å². The second kappa shape index (κ2) is 6.69. The molecule has 0 spiro atoms. The Hall–Kier alpha value is -2.65. The van der Waals surface area contributed by atoms with E-state index in [-0.39, 0.29) is 17.9 Å². The summed E-state index contributed by atoms with van der Waals surface area (Å²) < 4.78 is 0. The third kappa shape index (κ3) is 3.15. The molecular formula is C19H17BrN4O. The van der Waals surface area contributed by atoms with Crippen LogP contribution >= 0.6 is 15.9 Å². The number of amides is 1. The van der Waals surface area contributed by atoms with Crippen LogP contribution in [-0.2, 0) is 4.79 Å². The van der Waals surface area contributed by atoms with Crippen LogP contribution in [-0.4, -0.2) is 39.7 Å². The quantitative estimate of drug-likeness (QED) is 0.595. The smallest absolute Gasteiger partial charge is 0.245 e. The lowest BCUT2D eigenvalue weighted by molar-refractivity contribution is -0.127. The molecule has 3 rings (SSSR count). The Bertz CT molecular complexity index is 903. The number of alkyl halides is 1. The summed E-state index contributed by atoms with van der Waals surface area (Å²) >= 11 is 3.45. The zero-order valence-corrected chi connectivity index (χ0v) is 15.5. The zero-order chi connectivity index (χ0) is 18.1. The molecule has 25 heavy (non-hydrogen) atoms. The van der Waals surface area contributed by atoms with Crippen molar-refractivity contribution in [3.63, 3.8) is 0 Å². The maximum absolute atomic E-state index is 12.3. The van der Waals surface area contributed by atoms with Crippen LogP contribution in [0.25, 0.3) is 5.57 Å². The van der Waals surface area contributed by atoms with E-state index in [9.17, 15) is 4.79 Å². The second-order valence-electron chi connectivity index (χ2n) is 5.83. The third-order valence-electron chi connectivity index (χ3n) is 4.17. The molecule has 2 N–H and O–H groups in total. The van der Waals surface area contributed by atoms with Gasteiger partial charge in [0, 0.05) is 30.6 Å². The van der Waals surface area contributed by atoms with Gasteiger partial charge in [-0.25, -0.2) is 0 Å². The van der Waals surface area contributed by atoms with Gasteiger partial charge in [0.25, 0.3) is 0 Å². The number of guanidine groups is 1. The lowest BCUT2D eigenvalue weighted by Crippen LogP contribution is -2.60. The highest BCUT2D eigenvalue weighted by Gasteiger charge is 2.39. The summed E-state index contributed by atoms with van der Waals surface area (Å²) in [4.78, 5) is 17.3. The molecule has 0 saturated carbocycles. The molecular weight excluding hydrogens is 380 g/mol. The molecule has 126 valence electrons. The summed E-state index contributed by atoms with van der Waals surface area (Å²) in [5.74, 6) is 5.79. The number of rotatable bonds is 2. The fourth-order valence-electron chi connectivity index (χ4n) is 2.83. The van der Waals surface area contributed by atoms with Crippen molar-refractivity contribution in [3.05, 3.63) is 59.5 Å². The van der Waals surface area contributed by atoms with Crippen LogP contribution < -0.4 is 5.32 Å². The Morgan fingerprint density at radius 3 is 2.88 bits per heavy atom. The fraction of sp³-hybridized carbons (Fsp3) is 0.211. The summed E-state index contributed by atoms with van der Waals surface area (Å²) in [6.07, 6.45) is 7.45. The maximum atomic E-state index is 12.3. The monoisotopic (exact) mass is 396 g/mol. The second-order valence-corrected chi connectivity index (χ2v) is 6.82. The molecule has 0 unspecified atom stereocenters. The molecule has 5 nitrogen and oxygen atoms in total. The average Bonchev–Trinajstić information content (AvgIpc) is 2.98. The SMILES string of the molecule is C=C1C=C(c2cncc(C#CC)c2)C=C1[C@H]1NC(=N)N(C)C(=O)[C@@H]1Br. The summed E-state index contributed by atoms with van der Waals surface area (Å²) in [5, 5.41) is 11.0. The maximum Gasteiger partial charge on any atom is 0.245 e. The Labute approximate surface area is 155 Å². The van der Waals surface area contributed by atoms with Gasteiger partial charge >= 0.3 is 0 Å². The van der Waals surface area contributed by atoms with Crippen molar-refractivity contribution in [1.29, 1.82) is 5.41 Å². The van der Waals surface area contributed by atoms with Crippen molar-refractivity contribution in [3.8, 4) is 11.8 Å². The standard InChI is InChI=1S/C19H17BrN4O/c1-4-5-12-7-14(10-22-9-12)13-6-11(2)15(8-13)17-16(20)18(25)24(3)19(21)23-17/h6-10,16-17H,2H2,1,3H3,(H2,21,23)/t16-,17-/m1/s1. The zero-order valence-electron chi connectivity index (χ0n) is 13.9. The van der Waals surface area contributed by atoms with Crippen molar-refractivity contribution in [2.24, 2.45) is 0 Å². The third-order valence-corrected chi connectivity index (χ3v) is 5.09. The highest BCUT2D eigenvalue weighted by atomic mass is 79.9. The molecule has 1 fully saturated rings. The molecule has 2 atom stereocenters. The lowest BCUT2D eigenvalue weighted by atomic mass is 9.97. The van der Waals surface area contributed by atoms with Gasteiger partial charge in [-0.3, -0.25) is 20.1 Å². The number of nitrogens with one attached hydrogen (secondary N) is 2. The average molecular weight is 397 g/mol. The van der Waals surface area contributed by atoms with E-state index in [0.29, 0.717) is 0 Å². The van der Waals surface area contributed by atoms with Gasteiger partial charge in [-0.2, -0.15) is 0 Å². The predicted octanol–water partition coefficient (Wildman–Crippen LogP) is 2.46. The van der Waals surface area contributed by atoms with E-state index in [4.69, 9.17) is 5.41 Å². The minimum atomic E-state index is -0.460. The molecule has 2 aliphatic rings. The van der Waals surface area contributed by atoms with Crippen molar-refractivity contribution in [2.75, 3.05) is 7.05 Å². The Morgan fingerprint density at radius 1 is 1.40 bits per heavy atom. The van der Waals surface area contributed by atoms with Crippen LogP contribution in [0.4, 0.5) is 0 Å². The first-order valence-corrected chi connectivity index (χ1v) is 8.61. The van der Waals surface area contributed by atoms with Crippen LogP contribution in [0.2, 0.25) is 0 Å². The van der Waals surface area contributed by atoms with E-state index in [0.717, 1.165) is 27.8 Å². The molecule has 1 saturated heterocycles. The van der Waals surface area contributed by atoms with Crippen LogP contribution in [0.15, 0.2) is 48.3 Å². The van der Waals surface area contributed by atoms with Crippen molar-refractivity contribution in [1.82, 2.24) is 15.2 Å². The van der Waals surface area contributed by atoms with Crippen LogP contribution in [0.1, 0.15) is 18.1 Å². The van der Waals surface area contributed by atoms with Crippen molar-refractivity contribution in [2.45, 2.75) is 17.8 Å². The molecule has 1 aliphatic heterocycles. The van der Waals surface area contributed by atoms with Crippen molar-refractivity contribution < 1.29 is 4.79 Å². The largest absolute Gasteiger partial charge is 0.348 e. The topological polar surface area (TPSA) is 69.1 Å². The molecule has 2 heterocycles. The normalized spacial score (nSPS) is 22.8. The van der Waals surface area contributed by atoms with E-state index < -0.39 is 4.83 Å². The van der Waals surface area contributed by atoms with E-state index in [1.165, 1.54) is 4.90 Å². The van der Waals surface area contributed by atoms with Crippen LogP contribution in [0.3, 0.4) is 0 Å². The summed E-state index contributed by atoms with van der Waals surface area (Å²) in [7, 11) is 1.58. The number of allylic oxidation sites excluding steroid dienone is 3. The number of carbonyl (C=O) groups is 1. The van der Waals surface area contributed by atoms with E-state index in [1.54, 1.807) is 26.4 Å². The van der Waals surface area contributed by atoms with Gasteiger partial charge in [0.2, 0.25) is 5.91 Å². The number of hydrogen-bond donors (Lipinski definition) is 2. The Morgan fingerprint density at radius 2 is 2.16 bits per heavy atom. The van der Waals surface area contributed by atoms with Crippen molar-refractivity contribution >= 4 is 33.4 Å². The molecule has 1 aromatic heterocycles. The molecule has 1 aromatic rings. The van der Waals surface area contributed by atoms with E-state index in [1.807, 2.05) is 18.2 Å². The fourth-order valence-corrected chi connectivity index (χ4v) is 3.55. The Kier molecular flexibility index (Phi) is 4.60. The Balaban J connectivity index is 1.93. The molecule has 0 bridgehead atoms. The molecule has 1 aliphatic carbocycles.